The number of carbonyl (C=O) groups is 2. The van der Waals surface area contributed by atoms with Crippen molar-refractivity contribution in [2.45, 2.75) is 13.2 Å². The number of esters is 1. The van der Waals surface area contributed by atoms with Crippen LogP contribution in [0.1, 0.15) is 21.5 Å². The van der Waals surface area contributed by atoms with Gasteiger partial charge in [0.05, 0.1) is 24.5 Å². The summed E-state index contributed by atoms with van der Waals surface area (Å²) in [6.45, 7) is 0.210. The van der Waals surface area contributed by atoms with E-state index in [-0.39, 0.29) is 6.54 Å². The molecule has 8 heteroatoms. The van der Waals surface area contributed by atoms with Crippen LogP contribution in [0.5, 0.6) is 11.5 Å². The summed E-state index contributed by atoms with van der Waals surface area (Å²) in [6.07, 6.45) is 1.54. The minimum absolute atomic E-state index is 0.229. The molecule has 0 atom stereocenters. The van der Waals surface area contributed by atoms with Gasteiger partial charge in [-0.1, -0.05) is 54.6 Å². The maximum Gasteiger partial charge on any atom is 0.339 e. The molecule has 5 rings (SSSR count). The quantitative estimate of drug-likeness (QED) is 0.240. The highest BCUT2D eigenvalue weighted by atomic mass is 16.5. The predicted octanol–water partition coefficient (Wildman–Crippen LogP) is 5.56. The van der Waals surface area contributed by atoms with Gasteiger partial charge in [-0.3, -0.25) is 4.79 Å². The molecule has 1 N–H and O–H groups in total. The van der Waals surface area contributed by atoms with E-state index in [0.717, 1.165) is 11.1 Å². The summed E-state index contributed by atoms with van der Waals surface area (Å²) in [5.41, 5.74) is 3.27. The van der Waals surface area contributed by atoms with Gasteiger partial charge in [-0.25, -0.2) is 9.78 Å². The zero-order valence-corrected chi connectivity index (χ0v) is 21.3. The molecule has 0 unspecified atom stereocenters. The molecule has 0 radical (unpaired) electrons. The third-order valence-electron chi connectivity index (χ3n) is 6.00. The Hall–Kier alpha value is -5.11. The van der Waals surface area contributed by atoms with Gasteiger partial charge in [0.25, 0.3) is 5.91 Å². The first-order valence-corrected chi connectivity index (χ1v) is 12.3. The number of benzene rings is 3. The standard InChI is InChI=1S/C31H26N2O6/c1-36-29-16-22(13-14-28(29)38-19-21-8-3-2-4-9-21)18-32-30(34)20-39-31(35)24-17-26(27-12-7-15-37-27)33-25-11-6-5-10-23(24)25/h2-17H,18-20H2,1H3,(H,32,34). The Morgan fingerprint density at radius 3 is 2.49 bits per heavy atom. The Bertz CT molecular complexity index is 1580. The van der Waals surface area contributed by atoms with E-state index in [2.05, 4.69) is 10.3 Å². The van der Waals surface area contributed by atoms with Crippen molar-refractivity contribution in [2.75, 3.05) is 13.7 Å². The molecule has 39 heavy (non-hydrogen) atoms. The fourth-order valence-electron chi connectivity index (χ4n) is 4.03. The molecule has 0 saturated heterocycles. The SMILES string of the molecule is COc1cc(CNC(=O)COC(=O)c2cc(-c3ccco3)nc3ccccc23)ccc1OCc1ccccc1. The van der Waals surface area contributed by atoms with E-state index in [9.17, 15) is 9.59 Å². The number of methoxy groups -OCH3 is 1. The van der Waals surface area contributed by atoms with Gasteiger partial charge in [0.2, 0.25) is 0 Å². The first-order chi connectivity index (χ1) is 19.1. The third-order valence-corrected chi connectivity index (χ3v) is 6.00. The number of rotatable bonds is 10. The number of amides is 1. The minimum Gasteiger partial charge on any atom is -0.493 e. The molecule has 0 aliphatic heterocycles. The van der Waals surface area contributed by atoms with E-state index < -0.39 is 18.5 Å². The third kappa shape index (κ3) is 6.24. The summed E-state index contributed by atoms with van der Waals surface area (Å²) in [7, 11) is 1.56. The highest BCUT2D eigenvalue weighted by Gasteiger charge is 2.17. The Kier molecular flexibility index (Phi) is 7.83. The van der Waals surface area contributed by atoms with Crippen LogP contribution in [0.4, 0.5) is 0 Å². The van der Waals surface area contributed by atoms with Crippen LogP contribution < -0.4 is 14.8 Å². The van der Waals surface area contributed by atoms with Gasteiger partial charge in [0.1, 0.15) is 12.3 Å². The fraction of sp³-hybridized carbons (Fsp3) is 0.129. The Morgan fingerprint density at radius 1 is 0.872 bits per heavy atom. The highest BCUT2D eigenvalue weighted by molar-refractivity contribution is 6.05. The van der Waals surface area contributed by atoms with Crippen molar-refractivity contribution in [1.82, 2.24) is 10.3 Å². The molecular weight excluding hydrogens is 496 g/mol. The molecule has 2 heterocycles. The molecule has 0 aliphatic rings. The molecule has 3 aromatic carbocycles. The lowest BCUT2D eigenvalue weighted by Crippen LogP contribution is -2.28. The highest BCUT2D eigenvalue weighted by Crippen LogP contribution is 2.29. The van der Waals surface area contributed by atoms with Crippen molar-refractivity contribution >= 4 is 22.8 Å². The van der Waals surface area contributed by atoms with Crippen LogP contribution in [0.25, 0.3) is 22.4 Å². The maximum absolute atomic E-state index is 13.0. The molecule has 0 aliphatic carbocycles. The molecule has 0 bridgehead atoms. The Labute approximate surface area is 225 Å². The van der Waals surface area contributed by atoms with E-state index >= 15 is 0 Å². The van der Waals surface area contributed by atoms with Crippen LogP contribution in [0, 0.1) is 0 Å². The van der Waals surface area contributed by atoms with Crippen molar-refractivity contribution < 1.29 is 28.2 Å². The number of nitrogens with one attached hydrogen (secondary N) is 1. The lowest BCUT2D eigenvalue weighted by Gasteiger charge is -2.13. The van der Waals surface area contributed by atoms with Crippen LogP contribution in [0.3, 0.4) is 0 Å². The van der Waals surface area contributed by atoms with E-state index in [1.807, 2.05) is 48.5 Å². The van der Waals surface area contributed by atoms with E-state index in [1.54, 1.807) is 49.6 Å². The van der Waals surface area contributed by atoms with Crippen molar-refractivity contribution in [3.05, 3.63) is 114 Å². The van der Waals surface area contributed by atoms with Crippen molar-refractivity contribution in [1.29, 1.82) is 0 Å². The van der Waals surface area contributed by atoms with E-state index in [1.165, 1.54) is 6.26 Å². The molecule has 196 valence electrons. The second-order valence-corrected chi connectivity index (χ2v) is 8.66. The summed E-state index contributed by atoms with van der Waals surface area (Å²) in [4.78, 5) is 30.0. The molecule has 0 spiro atoms. The number of aromatic nitrogens is 1. The average Bonchev–Trinajstić information content (AvgIpc) is 3.53. The number of furan rings is 1. The van der Waals surface area contributed by atoms with Crippen molar-refractivity contribution in [2.24, 2.45) is 0 Å². The summed E-state index contributed by atoms with van der Waals surface area (Å²) < 4.78 is 22.1. The number of nitrogens with zero attached hydrogens (tertiary/aromatic N) is 1. The molecule has 8 nitrogen and oxygen atoms in total. The number of para-hydroxylation sites is 1. The molecule has 0 saturated carbocycles. The fourth-order valence-corrected chi connectivity index (χ4v) is 4.03. The van der Waals surface area contributed by atoms with Crippen LogP contribution in [0.2, 0.25) is 0 Å². The van der Waals surface area contributed by atoms with Gasteiger partial charge in [-0.05, 0) is 47.5 Å². The van der Waals surface area contributed by atoms with Gasteiger partial charge < -0.3 is 23.9 Å². The first-order valence-electron chi connectivity index (χ1n) is 12.3. The summed E-state index contributed by atoms with van der Waals surface area (Å²) in [5.74, 6) is 0.624. The minimum atomic E-state index is -0.627. The number of pyridine rings is 1. The van der Waals surface area contributed by atoms with Crippen molar-refractivity contribution in [3.8, 4) is 23.0 Å². The lowest BCUT2D eigenvalue weighted by atomic mass is 10.1. The van der Waals surface area contributed by atoms with Crippen LogP contribution in [-0.2, 0) is 22.7 Å². The lowest BCUT2D eigenvalue weighted by molar-refractivity contribution is -0.124. The number of hydrogen-bond acceptors (Lipinski definition) is 7. The van der Waals surface area contributed by atoms with E-state index in [0.29, 0.717) is 46.0 Å². The average molecular weight is 523 g/mol. The number of hydrogen-bond donors (Lipinski definition) is 1. The second-order valence-electron chi connectivity index (χ2n) is 8.66. The molecular formula is C31H26N2O6. The second kappa shape index (κ2) is 12.0. The topological polar surface area (TPSA) is 99.9 Å². The first kappa shape index (κ1) is 25.5. The van der Waals surface area contributed by atoms with Gasteiger partial charge in [0.15, 0.2) is 23.9 Å². The van der Waals surface area contributed by atoms with Gasteiger partial charge in [-0.2, -0.15) is 0 Å². The largest absolute Gasteiger partial charge is 0.493 e. The summed E-state index contributed by atoms with van der Waals surface area (Å²) in [5, 5.41) is 3.39. The van der Waals surface area contributed by atoms with Gasteiger partial charge in [0, 0.05) is 11.9 Å². The zero-order valence-electron chi connectivity index (χ0n) is 21.3. The number of ether oxygens (including phenoxy) is 3. The number of carbonyl (C=O) groups excluding carboxylic acids is 2. The Balaban J connectivity index is 1.19. The van der Waals surface area contributed by atoms with Gasteiger partial charge >= 0.3 is 5.97 Å². The summed E-state index contributed by atoms with van der Waals surface area (Å²) in [6, 6.07) is 27.6. The monoisotopic (exact) mass is 522 g/mol. The molecule has 5 aromatic rings. The molecule has 2 aromatic heterocycles. The molecule has 0 fully saturated rings. The van der Waals surface area contributed by atoms with E-state index in [4.69, 9.17) is 18.6 Å². The van der Waals surface area contributed by atoms with Crippen LogP contribution >= 0.6 is 0 Å². The number of fused-ring (bicyclic) bond motifs is 1. The van der Waals surface area contributed by atoms with Crippen molar-refractivity contribution in [3.63, 3.8) is 0 Å². The van der Waals surface area contributed by atoms with Crippen LogP contribution in [-0.4, -0.2) is 30.6 Å². The maximum atomic E-state index is 13.0. The Morgan fingerprint density at radius 2 is 1.69 bits per heavy atom. The zero-order chi connectivity index (χ0) is 27.0. The normalized spacial score (nSPS) is 10.7. The molecule has 1 amide bonds. The predicted molar refractivity (Wildman–Crippen MR) is 145 cm³/mol. The van der Waals surface area contributed by atoms with Gasteiger partial charge in [-0.15, -0.1) is 0 Å². The van der Waals surface area contributed by atoms with Crippen LogP contribution in [0.15, 0.2) is 102 Å². The summed E-state index contributed by atoms with van der Waals surface area (Å²) >= 11 is 0. The smallest absolute Gasteiger partial charge is 0.339 e.